The van der Waals surface area contributed by atoms with E-state index in [9.17, 15) is 4.79 Å². The highest BCUT2D eigenvalue weighted by Gasteiger charge is 2.28. The molecule has 0 atom stereocenters. The summed E-state index contributed by atoms with van der Waals surface area (Å²) in [5.74, 6) is -0.426. The summed E-state index contributed by atoms with van der Waals surface area (Å²) in [5, 5.41) is 8.97. The highest BCUT2D eigenvalue weighted by molar-refractivity contribution is 7.80. The molecule has 5 nitrogen and oxygen atoms in total. The third-order valence-corrected chi connectivity index (χ3v) is 2.26. The normalized spacial score (nSPS) is 11.3. The van der Waals surface area contributed by atoms with Gasteiger partial charge in [-0.05, 0) is 13.8 Å². The summed E-state index contributed by atoms with van der Waals surface area (Å²) in [6.45, 7) is 3.56. The van der Waals surface area contributed by atoms with E-state index in [1.54, 1.807) is 30.8 Å². The van der Waals surface area contributed by atoms with Gasteiger partial charge in [-0.15, -0.1) is 0 Å². The van der Waals surface area contributed by atoms with E-state index in [0.717, 1.165) is 0 Å². The van der Waals surface area contributed by atoms with Crippen LogP contribution in [0.4, 0.5) is 0 Å². The molecular formula is C9H13N3O2S. The fraction of sp³-hybridized carbons (Fsp3) is 0.444. The molecule has 15 heavy (non-hydrogen) atoms. The number of carboxylic acids is 1. The van der Waals surface area contributed by atoms with Gasteiger partial charge in [0.15, 0.2) is 5.82 Å². The molecule has 0 saturated carbocycles. The maximum absolute atomic E-state index is 10.9. The Balaban J connectivity index is 2.95. The van der Waals surface area contributed by atoms with Crippen LogP contribution in [0.25, 0.3) is 0 Å². The number of aliphatic carboxylic acids is 1. The molecule has 0 unspecified atom stereocenters. The lowest BCUT2D eigenvalue weighted by Crippen LogP contribution is -2.31. The highest BCUT2D eigenvalue weighted by Crippen LogP contribution is 2.19. The van der Waals surface area contributed by atoms with Crippen molar-refractivity contribution in [3.05, 3.63) is 18.2 Å². The summed E-state index contributed by atoms with van der Waals surface area (Å²) in [6, 6.07) is 0. The fourth-order valence-electron chi connectivity index (χ4n) is 1.16. The number of nitrogens with zero attached hydrogens (tertiary/aromatic N) is 2. The Morgan fingerprint density at radius 1 is 1.73 bits per heavy atom. The van der Waals surface area contributed by atoms with E-state index in [1.165, 1.54) is 0 Å². The van der Waals surface area contributed by atoms with Crippen molar-refractivity contribution < 1.29 is 9.90 Å². The second-order valence-electron chi connectivity index (χ2n) is 3.93. The Morgan fingerprint density at radius 2 is 2.33 bits per heavy atom. The van der Waals surface area contributed by atoms with Crippen LogP contribution in [0.3, 0.4) is 0 Å². The fourth-order valence-corrected chi connectivity index (χ4v) is 1.33. The lowest BCUT2D eigenvalue weighted by molar-refractivity contribution is -0.147. The molecule has 1 aromatic rings. The van der Waals surface area contributed by atoms with Crippen LogP contribution in [0.2, 0.25) is 0 Å². The van der Waals surface area contributed by atoms with E-state index in [4.69, 9.17) is 23.1 Å². The van der Waals surface area contributed by atoms with E-state index in [2.05, 4.69) is 4.98 Å². The molecule has 0 aliphatic heterocycles. The van der Waals surface area contributed by atoms with Gasteiger partial charge >= 0.3 is 5.97 Å². The molecule has 1 heterocycles. The first-order valence-electron chi connectivity index (χ1n) is 4.39. The molecule has 6 heteroatoms. The SMILES string of the molecule is CC(C)(Cn1ccnc1C(N)=S)C(=O)O. The van der Waals surface area contributed by atoms with E-state index in [0.29, 0.717) is 5.82 Å². The average molecular weight is 227 g/mol. The number of hydrogen-bond donors (Lipinski definition) is 2. The van der Waals surface area contributed by atoms with Crippen LogP contribution in [0.15, 0.2) is 12.4 Å². The van der Waals surface area contributed by atoms with Gasteiger partial charge < -0.3 is 15.4 Å². The Hall–Kier alpha value is -1.43. The summed E-state index contributed by atoms with van der Waals surface area (Å²) >= 11 is 4.81. The number of nitrogens with two attached hydrogens (primary N) is 1. The molecule has 0 aromatic carbocycles. The van der Waals surface area contributed by atoms with E-state index in [-0.39, 0.29) is 11.5 Å². The summed E-state index contributed by atoms with van der Waals surface area (Å²) in [4.78, 5) is 15.1. The summed E-state index contributed by atoms with van der Waals surface area (Å²) in [6.07, 6.45) is 3.21. The smallest absolute Gasteiger partial charge is 0.310 e. The van der Waals surface area contributed by atoms with Gasteiger partial charge in [0.2, 0.25) is 0 Å². The number of imidazole rings is 1. The quantitative estimate of drug-likeness (QED) is 0.737. The first-order valence-corrected chi connectivity index (χ1v) is 4.80. The number of carboxylic acid groups (broad SMARTS) is 1. The van der Waals surface area contributed by atoms with Crippen LogP contribution in [-0.2, 0) is 11.3 Å². The van der Waals surface area contributed by atoms with Crippen LogP contribution in [-0.4, -0.2) is 25.6 Å². The first-order chi connectivity index (χ1) is 6.84. The number of aromatic nitrogens is 2. The number of rotatable bonds is 4. The van der Waals surface area contributed by atoms with Crippen molar-refractivity contribution in [2.24, 2.45) is 11.1 Å². The van der Waals surface area contributed by atoms with Crippen LogP contribution in [0.1, 0.15) is 19.7 Å². The molecule has 0 aliphatic rings. The number of thiocarbonyl (C=S) groups is 1. The van der Waals surface area contributed by atoms with Gasteiger partial charge in [0.05, 0.1) is 5.41 Å². The summed E-state index contributed by atoms with van der Waals surface area (Å²) in [7, 11) is 0. The molecule has 82 valence electrons. The third kappa shape index (κ3) is 2.53. The van der Waals surface area contributed by atoms with Gasteiger partial charge in [0.1, 0.15) is 4.99 Å². The summed E-state index contributed by atoms with van der Waals surface area (Å²) < 4.78 is 1.65. The minimum absolute atomic E-state index is 0.168. The van der Waals surface area contributed by atoms with Crippen LogP contribution in [0, 0.1) is 5.41 Å². The van der Waals surface area contributed by atoms with E-state index >= 15 is 0 Å². The number of hydrogen-bond acceptors (Lipinski definition) is 3. The van der Waals surface area contributed by atoms with Crippen molar-refractivity contribution in [3.8, 4) is 0 Å². The zero-order valence-electron chi connectivity index (χ0n) is 8.60. The van der Waals surface area contributed by atoms with Crippen LogP contribution >= 0.6 is 12.2 Å². The maximum Gasteiger partial charge on any atom is 0.310 e. The van der Waals surface area contributed by atoms with Crippen molar-refractivity contribution in [1.29, 1.82) is 0 Å². The standard InChI is InChI=1S/C9H13N3O2S/c1-9(2,8(13)14)5-12-4-3-11-7(12)6(10)15/h3-4H,5H2,1-2H3,(H2,10,15)(H,13,14). The minimum Gasteiger partial charge on any atom is -0.481 e. The van der Waals surface area contributed by atoms with Gasteiger partial charge in [-0.25, -0.2) is 4.98 Å². The predicted molar refractivity (Wildman–Crippen MR) is 59.5 cm³/mol. The number of carbonyl (C=O) groups is 1. The van der Waals surface area contributed by atoms with Crippen molar-refractivity contribution in [2.45, 2.75) is 20.4 Å². The molecule has 0 amide bonds. The second kappa shape index (κ2) is 3.98. The monoisotopic (exact) mass is 227 g/mol. The molecule has 0 aliphatic carbocycles. The van der Waals surface area contributed by atoms with Gasteiger partial charge in [0, 0.05) is 18.9 Å². The molecule has 0 radical (unpaired) electrons. The van der Waals surface area contributed by atoms with Gasteiger partial charge in [-0.1, -0.05) is 12.2 Å². The average Bonchev–Trinajstić information content (AvgIpc) is 2.51. The first kappa shape index (κ1) is 11.6. The van der Waals surface area contributed by atoms with Crippen LogP contribution < -0.4 is 5.73 Å². The molecule has 0 saturated heterocycles. The maximum atomic E-state index is 10.9. The largest absolute Gasteiger partial charge is 0.481 e. The lowest BCUT2D eigenvalue weighted by Gasteiger charge is -2.20. The predicted octanol–water partition coefficient (Wildman–Crippen LogP) is 0.628. The Morgan fingerprint density at radius 3 is 2.80 bits per heavy atom. The summed E-state index contributed by atoms with van der Waals surface area (Å²) in [5.41, 5.74) is 4.58. The van der Waals surface area contributed by atoms with E-state index in [1.807, 2.05) is 0 Å². The Kier molecular flexibility index (Phi) is 3.09. The Bertz CT molecular complexity index is 398. The van der Waals surface area contributed by atoms with Gasteiger partial charge in [-0.3, -0.25) is 4.79 Å². The van der Waals surface area contributed by atoms with Gasteiger partial charge in [0.25, 0.3) is 0 Å². The van der Waals surface area contributed by atoms with Crippen LogP contribution in [0.5, 0.6) is 0 Å². The van der Waals surface area contributed by atoms with Crippen molar-refractivity contribution >= 4 is 23.2 Å². The molecule has 3 N–H and O–H groups in total. The topological polar surface area (TPSA) is 81.1 Å². The van der Waals surface area contributed by atoms with Crippen molar-refractivity contribution in [3.63, 3.8) is 0 Å². The van der Waals surface area contributed by atoms with Crippen molar-refractivity contribution in [1.82, 2.24) is 9.55 Å². The minimum atomic E-state index is -0.875. The zero-order chi connectivity index (χ0) is 11.6. The molecule has 0 bridgehead atoms. The Labute approximate surface area is 92.9 Å². The molecule has 0 fully saturated rings. The van der Waals surface area contributed by atoms with E-state index < -0.39 is 11.4 Å². The highest BCUT2D eigenvalue weighted by atomic mass is 32.1. The molecule has 0 spiro atoms. The zero-order valence-corrected chi connectivity index (χ0v) is 9.41. The molecule has 1 rings (SSSR count). The van der Waals surface area contributed by atoms with Gasteiger partial charge in [-0.2, -0.15) is 0 Å². The molecular weight excluding hydrogens is 214 g/mol. The lowest BCUT2D eigenvalue weighted by atomic mass is 9.94. The molecule has 1 aromatic heterocycles. The third-order valence-electron chi connectivity index (χ3n) is 2.08. The second-order valence-corrected chi connectivity index (χ2v) is 4.37. The van der Waals surface area contributed by atoms with Crippen molar-refractivity contribution in [2.75, 3.05) is 0 Å².